The second-order valence-corrected chi connectivity index (χ2v) is 3.28. The van der Waals surface area contributed by atoms with Crippen LogP contribution in [-0.2, 0) is 0 Å². The minimum absolute atomic E-state index is 0.331. The normalized spacial score (nSPS) is 10.3. The first-order chi connectivity index (χ1) is 7.18. The average molecular weight is 203 g/mol. The molecule has 0 saturated carbocycles. The molecule has 0 aliphatic heterocycles. The van der Waals surface area contributed by atoms with Gasteiger partial charge in [0.25, 0.3) is 0 Å². The highest BCUT2D eigenvalue weighted by Crippen LogP contribution is 2.24. The lowest BCUT2D eigenvalue weighted by molar-refractivity contribution is 0.629. The summed E-state index contributed by atoms with van der Waals surface area (Å²) in [7, 11) is 0. The van der Waals surface area contributed by atoms with Crippen LogP contribution in [0.15, 0.2) is 30.7 Å². The van der Waals surface area contributed by atoms with Gasteiger partial charge in [0.1, 0.15) is 5.82 Å². The number of rotatable bonds is 1. The molecule has 1 aromatic heterocycles. The first-order valence-electron chi connectivity index (χ1n) is 4.50. The van der Waals surface area contributed by atoms with Crippen LogP contribution in [0.5, 0.6) is 0 Å². The quantitative estimate of drug-likeness (QED) is 0.722. The van der Waals surface area contributed by atoms with Crippen LogP contribution in [0.3, 0.4) is 0 Å². The summed E-state index contributed by atoms with van der Waals surface area (Å²) in [6, 6.07) is 2.98. The summed E-state index contributed by atoms with van der Waals surface area (Å²) in [5.74, 6) is -0.331. The van der Waals surface area contributed by atoms with Gasteiger partial charge in [0.2, 0.25) is 0 Å². The lowest BCUT2D eigenvalue weighted by Crippen LogP contribution is -1.95. The highest BCUT2D eigenvalue weighted by Gasteiger charge is 2.08. The Kier molecular flexibility index (Phi) is 2.33. The zero-order valence-electron chi connectivity index (χ0n) is 8.24. The Morgan fingerprint density at radius 1 is 1.27 bits per heavy atom. The van der Waals surface area contributed by atoms with E-state index in [0.29, 0.717) is 16.9 Å². The Morgan fingerprint density at radius 2 is 2.07 bits per heavy atom. The molecule has 0 aliphatic rings. The van der Waals surface area contributed by atoms with E-state index in [2.05, 4.69) is 9.97 Å². The molecule has 0 saturated heterocycles. The zero-order valence-corrected chi connectivity index (χ0v) is 8.24. The number of nitrogen functional groups attached to an aromatic ring is 1. The smallest absolute Gasteiger partial charge is 0.133 e. The Balaban J connectivity index is 2.59. The first-order valence-corrected chi connectivity index (χ1v) is 4.50. The van der Waals surface area contributed by atoms with Gasteiger partial charge >= 0.3 is 0 Å². The van der Waals surface area contributed by atoms with Crippen LogP contribution in [0, 0.1) is 12.7 Å². The van der Waals surface area contributed by atoms with Crippen LogP contribution in [0.2, 0.25) is 0 Å². The lowest BCUT2D eigenvalue weighted by Gasteiger charge is -2.05. The van der Waals surface area contributed by atoms with E-state index in [4.69, 9.17) is 5.73 Å². The Morgan fingerprint density at radius 3 is 2.73 bits per heavy atom. The van der Waals surface area contributed by atoms with E-state index in [1.54, 1.807) is 19.2 Å². The topological polar surface area (TPSA) is 51.8 Å². The van der Waals surface area contributed by atoms with Gasteiger partial charge in [-0.3, -0.25) is 9.97 Å². The number of nitrogens with zero attached hydrogens (tertiary/aromatic N) is 2. The Bertz CT molecular complexity index is 483. The third-order valence-electron chi connectivity index (χ3n) is 2.19. The van der Waals surface area contributed by atoms with Gasteiger partial charge in [-0.25, -0.2) is 4.39 Å². The number of aromatic nitrogens is 2. The number of aryl methyl sites for hydroxylation is 1. The molecule has 15 heavy (non-hydrogen) atoms. The predicted molar refractivity (Wildman–Crippen MR) is 56.6 cm³/mol. The van der Waals surface area contributed by atoms with Crippen molar-refractivity contribution in [2.24, 2.45) is 0 Å². The lowest BCUT2D eigenvalue weighted by atomic mass is 10.1. The Labute approximate surface area is 86.8 Å². The summed E-state index contributed by atoms with van der Waals surface area (Å²) in [4.78, 5) is 7.91. The standard InChI is InChI=1S/C11H10FN3/c1-7-4-9(12)8(5-10(7)13)11-6-14-2-3-15-11/h2-6H,13H2,1H3. The second kappa shape index (κ2) is 3.65. The van der Waals surface area contributed by atoms with Crippen LogP contribution in [0.25, 0.3) is 11.3 Å². The molecule has 1 aromatic carbocycles. The molecule has 1 heterocycles. The number of anilines is 1. The molecule has 2 rings (SSSR count). The molecule has 4 heteroatoms. The minimum atomic E-state index is -0.331. The van der Waals surface area contributed by atoms with Gasteiger partial charge in [-0.15, -0.1) is 0 Å². The van der Waals surface area contributed by atoms with E-state index in [1.807, 2.05) is 0 Å². The summed E-state index contributed by atoms with van der Waals surface area (Å²) < 4.78 is 13.6. The fourth-order valence-corrected chi connectivity index (χ4v) is 1.32. The first kappa shape index (κ1) is 9.58. The maximum absolute atomic E-state index is 13.6. The largest absolute Gasteiger partial charge is 0.398 e. The van der Waals surface area contributed by atoms with Crippen molar-refractivity contribution in [1.29, 1.82) is 0 Å². The molecule has 0 radical (unpaired) electrons. The molecule has 0 atom stereocenters. The zero-order chi connectivity index (χ0) is 10.8. The molecule has 3 nitrogen and oxygen atoms in total. The summed E-state index contributed by atoms with van der Waals surface area (Å²) in [5, 5.41) is 0. The number of halogens is 1. The second-order valence-electron chi connectivity index (χ2n) is 3.28. The molecule has 0 spiro atoms. The summed E-state index contributed by atoms with van der Waals surface area (Å²) in [6.07, 6.45) is 4.57. The van der Waals surface area contributed by atoms with Crippen molar-refractivity contribution in [2.45, 2.75) is 6.92 Å². The minimum Gasteiger partial charge on any atom is -0.398 e. The van der Waals surface area contributed by atoms with Crippen molar-refractivity contribution >= 4 is 5.69 Å². The summed E-state index contributed by atoms with van der Waals surface area (Å²) in [6.45, 7) is 1.76. The highest BCUT2D eigenvalue weighted by atomic mass is 19.1. The molecular weight excluding hydrogens is 193 g/mol. The predicted octanol–water partition coefficient (Wildman–Crippen LogP) is 2.17. The Hall–Kier alpha value is -1.97. The molecule has 0 amide bonds. The van der Waals surface area contributed by atoms with Crippen molar-refractivity contribution in [2.75, 3.05) is 5.73 Å². The van der Waals surface area contributed by atoms with Crippen molar-refractivity contribution in [3.8, 4) is 11.3 Å². The van der Waals surface area contributed by atoms with E-state index >= 15 is 0 Å². The van der Waals surface area contributed by atoms with Crippen LogP contribution in [0.4, 0.5) is 10.1 Å². The fourth-order valence-electron chi connectivity index (χ4n) is 1.32. The van der Waals surface area contributed by atoms with E-state index in [1.165, 1.54) is 18.5 Å². The van der Waals surface area contributed by atoms with Crippen LogP contribution in [-0.4, -0.2) is 9.97 Å². The average Bonchev–Trinajstić information content (AvgIpc) is 2.25. The summed E-state index contributed by atoms with van der Waals surface area (Å²) >= 11 is 0. The van der Waals surface area contributed by atoms with E-state index in [9.17, 15) is 4.39 Å². The highest BCUT2D eigenvalue weighted by molar-refractivity contribution is 5.66. The molecule has 0 fully saturated rings. The number of hydrogen-bond acceptors (Lipinski definition) is 3. The van der Waals surface area contributed by atoms with Gasteiger partial charge in [0.15, 0.2) is 0 Å². The van der Waals surface area contributed by atoms with Crippen LogP contribution in [0.1, 0.15) is 5.56 Å². The van der Waals surface area contributed by atoms with Gasteiger partial charge < -0.3 is 5.73 Å². The van der Waals surface area contributed by atoms with Crippen molar-refractivity contribution < 1.29 is 4.39 Å². The van der Waals surface area contributed by atoms with Gasteiger partial charge in [-0.2, -0.15) is 0 Å². The van der Waals surface area contributed by atoms with Gasteiger partial charge in [0, 0.05) is 23.6 Å². The van der Waals surface area contributed by atoms with Gasteiger partial charge in [0.05, 0.1) is 11.9 Å². The molecule has 2 aromatic rings. The number of hydrogen-bond donors (Lipinski definition) is 1. The van der Waals surface area contributed by atoms with Crippen LogP contribution < -0.4 is 5.73 Å². The van der Waals surface area contributed by atoms with Crippen molar-refractivity contribution in [3.05, 3.63) is 42.1 Å². The molecule has 0 bridgehead atoms. The SMILES string of the molecule is Cc1cc(F)c(-c2cnccn2)cc1N. The third-order valence-corrected chi connectivity index (χ3v) is 2.19. The van der Waals surface area contributed by atoms with E-state index in [-0.39, 0.29) is 5.82 Å². The number of benzene rings is 1. The number of nitrogens with two attached hydrogens (primary N) is 1. The fraction of sp³-hybridized carbons (Fsp3) is 0.0909. The molecule has 2 N–H and O–H groups in total. The monoisotopic (exact) mass is 203 g/mol. The molecule has 76 valence electrons. The van der Waals surface area contributed by atoms with E-state index in [0.717, 1.165) is 5.56 Å². The van der Waals surface area contributed by atoms with Crippen molar-refractivity contribution in [1.82, 2.24) is 9.97 Å². The summed E-state index contributed by atoms with van der Waals surface area (Å²) in [5.41, 5.74) is 7.86. The van der Waals surface area contributed by atoms with Gasteiger partial charge in [-0.05, 0) is 24.6 Å². The van der Waals surface area contributed by atoms with Crippen LogP contribution >= 0.6 is 0 Å². The van der Waals surface area contributed by atoms with Gasteiger partial charge in [-0.1, -0.05) is 0 Å². The third kappa shape index (κ3) is 1.79. The van der Waals surface area contributed by atoms with Crippen molar-refractivity contribution in [3.63, 3.8) is 0 Å². The molecular formula is C11H10FN3. The molecule has 0 unspecified atom stereocenters. The maximum atomic E-state index is 13.6. The molecule has 0 aliphatic carbocycles. The maximum Gasteiger partial charge on any atom is 0.133 e. The van der Waals surface area contributed by atoms with E-state index < -0.39 is 0 Å².